The zero-order valence-electron chi connectivity index (χ0n) is 19.9. The maximum atomic E-state index is 14.1. The van der Waals surface area contributed by atoms with Crippen LogP contribution in [0, 0.1) is 11.6 Å². The molecule has 0 saturated heterocycles. The van der Waals surface area contributed by atoms with Gasteiger partial charge in [-0.1, -0.05) is 11.6 Å². The third kappa shape index (κ3) is 5.89. The molecule has 3 aromatic rings. The number of hydrogen-bond donors (Lipinski definition) is 4. The molecule has 0 bridgehead atoms. The predicted octanol–water partition coefficient (Wildman–Crippen LogP) is 5.90. The lowest BCUT2D eigenvalue weighted by Gasteiger charge is -2.21. The highest BCUT2D eigenvalue weighted by Gasteiger charge is 2.36. The van der Waals surface area contributed by atoms with Crippen LogP contribution in [0.3, 0.4) is 0 Å². The normalized spacial score (nSPS) is 15.2. The molecule has 0 fully saturated rings. The van der Waals surface area contributed by atoms with Gasteiger partial charge in [-0.25, -0.2) is 8.78 Å². The number of hydrogen-bond acceptors (Lipinski definition) is 4. The van der Waals surface area contributed by atoms with E-state index >= 15 is 0 Å². The molecule has 0 aliphatic carbocycles. The maximum absolute atomic E-state index is 14.1. The van der Waals surface area contributed by atoms with Gasteiger partial charge in [-0.15, -0.1) is 0 Å². The van der Waals surface area contributed by atoms with E-state index in [9.17, 15) is 36.6 Å². The van der Waals surface area contributed by atoms with Crippen molar-refractivity contribution in [2.75, 3.05) is 17.2 Å². The first kappa shape index (κ1) is 27.3. The molecule has 0 radical (unpaired) electrons. The summed E-state index contributed by atoms with van der Waals surface area (Å²) in [6.07, 6.45) is -4.89. The van der Waals surface area contributed by atoms with Gasteiger partial charge in [-0.05, 0) is 62.4 Å². The fraction of sp³-hybridized carbons (Fsp3) is 0.231. The van der Waals surface area contributed by atoms with Crippen molar-refractivity contribution < 1.29 is 36.6 Å². The van der Waals surface area contributed by atoms with Crippen LogP contribution < -0.4 is 16.0 Å². The highest BCUT2D eigenvalue weighted by atomic mass is 35.5. The smallest absolute Gasteiger partial charge is 0.389 e. The number of benzene rings is 3. The Balaban J connectivity index is 1.82. The summed E-state index contributed by atoms with van der Waals surface area (Å²) in [6.45, 7) is 3.11. The van der Waals surface area contributed by atoms with Crippen LogP contribution in [0.2, 0.25) is 5.02 Å². The molecule has 1 heterocycles. The molecule has 2 amide bonds. The van der Waals surface area contributed by atoms with Crippen LogP contribution >= 0.6 is 11.6 Å². The van der Waals surface area contributed by atoms with Gasteiger partial charge >= 0.3 is 6.18 Å². The molecule has 1 atom stereocenters. The van der Waals surface area contributed by atoms with Crippen LogP contribution in [0.25, 0.3) is 0 Å². The lowest BCUT2D eigenvalue weighted by molar-refractivity contribution is -0.137. The van der Waals surface area contributed by atoms with E-state index < -0.39 is 52.4 Å². The Labute approximate surface area is 218 Å². The second-order valence-corrected chi connectivity index (χ2v) is 9.81. The number of fused-ring (bicyclic) bond motifs is 1. The first-order valence-electron chi connectivity index (χ1n) is 11.2. The van der Waals surface area contributed by atoms with Gasteiger partial charge in [0.2, 0.25) is 0 Å². The third-order valence-electron chi connectivity index (χ3n) is 5.72. The fourth-order valence-electron chi connectivity index (χ4n) is 4.00. The van der Waals surface area contributed by atoms with E-state index in [0.29, 0.717) is 12.1 Å². The minimum absolute atomic E-state index is 0.0211. The van der Waals surface area contributed by atoms with E-state index in [1.54, 1.807) is 0 Å². The second kappa shape index (κ2) is 9.88. The first-order valence-corrected chi connectivity index (χ1v) is 11.6. The Hall–Kier alpha value is -3.70. The van der Waals surface area contributed by atoms with Crippen LogP contribution in [0.15, 0.2) is 48.5 Å². The largest absolute Gasteiger partial charge is 0.416 e. The number of carbonyl (C=O) groups is 2. The number of nitrogens with one attached hydrogen (secondary N) is 3. The van der Waals surface area contributed by atoms with Gasteiger partial charge in [-0.2, -0.15) is 13.2 Å². The fourth-order valence-corrected chi connectivity index (χ4v) is 4.23. The molecule has 3 aromatic carbocycles. The molecule has 0 saturated carbocycles. The number of carbonyl (C=O) groups excluding carboxylic acids is 2. The van der Waals surface area contributed by atoms with Crippen LogP contribution in [0.4, 0.5) is 33.3 Å². The van der Waals surface area contributed by atoms with Crippen molar-refractivity contribution in [2.45, 2.75) is 31.7 Å². The minimum Gasteiger partial charge on any atom is -0.389 e. The SMILES string of the molecule is CC(C)(O)CNc1cc(NC(=O)c2cc(F)cc(C(F)(F)F)c2)c2c(c1)C(=O)N[C@H]2c1cc(F)ccc1Cl. The number of anilines is 2. The number of rotatable bonds is 6. The Morgan fingerprint density at radius 2 is 1.76 bits per heavy atom. The standard InChI is InChI=1S/C26H21ClF5N3O3/c1-25(2,38)11-33-16-9-18-21(22(35-24(18)37)17-8-14(28)3-4-19(17)27)20(10-16)34-23(36)12-5-13(26(30,31)32)7-15(29)6-12/h3-10,22,33,38H,11H2,1-2H3,(H,34,36)(H,35,37)/t22-/m0/s1. The van der Waals surface area contributed by atoms with Crippen molar-refractivity contribution >= 4 is 34.8 Å². The highest BCUT2D eigenvalue weighted by molar-refractivity contribution is 6.31. The van der Waals surface area contributed by atoms with Gasteiger partial charge in [0.05, 0.1) is 17.2 Å². The van der Waals surface area contributed by atoms with Gasteiger partial charge in [0.15, 0.2) is 0 Å². The average Bonchev–Trinajstić information content (AvgIpc) is 3.14. The third-order valence-corrected chi connectivity index (χ3v) is 6.06. The van der Waals surface area contributed by atoms with Crippen LogP contribution in [0.5, 0.6) is 0 Å². The molecule has 38 heavy (non-hydrogen) atoms. The van der Waals surface area contributed by atoms with E-state index in [2.05, 4.69) is 16.0 Å². The molecule has 6 nitrogen and oxygen atoms in total. The summed E-state index contributed by atoms with van der Waals surface area (Å²) in [5.41, 5.74) is -2.42. The lowest BCUT2D eigenvalue weighted by Crippen LogP contribution is -2.29. The van der Waals surface area contributed by atoms with Crippen molar-refractivity contribution in [3.63, 3.8) is 0 Å². The lowest BCUT2D eigenvalue weighted by atomic mass is 9.95. The quantitative estimate of drug-likeness (QED) is 0.286. The summed E-state index contributed by atoms with van der Waals surface area (Å²) in [5, 5.41) is 18.2. The first-order chi connectivity index (χ1) is 17.6. The van der Waals surface area contributed by atoms with Gasteiger partial charge < -0.3 is 21.1 Å². The summed E-state index contributed by atoms with van der Waals surface area (Å²) in [5.74, 6) is -3.57. The van der Waals surface area contributed by atoms with E-state index in [1.165, 1.54) is 32.0 Å². The summed E-state index contributed by atoms with van der Waals surface area (Å²) in [6, 6.07) is 6.76. The predicted molar refractivity (Wildman–Crippen MR) is 131 cm³/mol. The molecule has 4 N–H and O–H groups in total. The van der Waals surface area contributed by atoms with E-state index in [4.69, 9.17) is 11.6 Å². The molecular formula is C26H21ClF5N3O3. The average molecular weight is 554 g/mol. The molecule has 0 spiro atoms. The van der Waals surface area contributed by atoms with Gasteiger partial charge in [0, 0.05) is 45.2 Å². The Kier molecular flexibility index (Phi) is 7.11. The number of amides is 2. The zero-order chi connectivity index (χ0) is 28.0. The number of alkyl halides is 3. The van der Waals surface area contributed by atoms with Gasteiger partial charge in [-0.3, -0.25) is 9.59 Å². The maximum Gasteiger partial charge on any atom is 0.416 e. The molecule has 200 valence electrons. The van der Waals surface area contributed by atoms with Crippen molar-refractivity contribution in [2.24, 2.45) is 0 Å². The molecular weight excluding hydrogens is 533 g/mol. The Morgan fingerprint density at radius 1 is 1.05 bits per heavy atom. The van der Waals surface area contributed by atoms with Crippen molar-refractivity contribution in [3.8, 4) is 0 Å². The van der Waals surface area contributed by atoms with Crippen LogP contribution in [-0.2, 0) is 6.18 Å². The summed E-state index contributed by atoms with van der Waals surface area (Å²) in [7, 11) is 0. The number of aliphatic hydroxyl groups is 1. The summed E-state index contributed by atoms with van der Waals surface area (Å²) in [4.78, 5) is 25.9. The van der Waals surface area contributed by atoms with E-state index in [0.717, 1.165) is 12.1 Å². The molecule has 0 aromatic heterocycles. The zero-order valence-corrected chi connectivity index (χ0v) is 20.7. The topological polar surface area (TPSA) is 90.5 Å². The van der Waals surface area contributed by atoms with Gasteiger partial charge in [0.1, 0.15) is 11.6 Å². The van der Waals surface area contributed by atoms with Gasteiger partial charge in [0.25, 0.3) is 11.8 Å². The molecule has 1 aliphatic heterocycles. The minimum atomic E-state index is -4.89. The Morgan fingerprint density at radius 3 is 2.42 bits per heavy atom. The second-order valence-electron chi connectivity index (χ2n) is 9.40. The van der Waals surface area contributed by atoms with Crippen LogP contribution in [0.1, 0.15) is 57.3 Å². The van der Waals surface area contributed by atoms with Crippen LogP contribution in [-0.4, -0.2) is 29.1 Å². The summed E-state index contributed by atoms with van der Waals surface area (Å²) < 4.78 is 67.6. The Bertz CT molecular complexity index is 1440. The van der Waals surface area contributed by atoms with E-state index in [1.807, 2.05) is 0 Å². The highest BCUT2D eigenvalue weighted by Crippen LogP contribution is 2.41. The van der Waals surface area contributed by atoms with Crippen molar-refractivity contribution in [1.29, 1.82) is 0 Å². The number of halogens is 6. The molecule has 1 aliphatic rings. The van der Waals surface area contributed by atoms with E-state index in [-0.39, 0.29) is 45.7 Å². The van der Waals surface area contributed by atoms with Crippen molar-refractivity contribution in [3.05, 3.63) is 93.0 Å². The van der Waals surface area contributed by atoms with Crippen molar-refractivity contribution in [1.82, 2.24) is 5.32 Å². The molecule has 0 unspecified atom stereocenters. The molecule has 12 heteroatoms. The molecule has 4 rings (SSSR count). The monoisotopic (exact) mass is 553 g/mol. The summed E-state index contributed by atoms with van der Waals surface area (Å²) >= 11 is 6.26.